The SMILES string of the molecule is FC(F)(F)[SiH3].OB(O)O. The highest BCUT2D eigenvalue weighted by Crippen LogP contribution is 2.05. The molecule has 0 heterocycles. The molecule has 0 amide bonds. The molecule has 0 bridgehead atoms. The zero-order valence-electron chi connectivity index (χ0n) is 4.55. The van der Waals surface area contributed by atoms with E-state index in [9.17, 15) is 13.2 Å². The highest BCUT2D eigenvalue weighted by molar-refractivity contribution is 6.30. The predicted molar refractivity (Wildman–Crippen MR) is 28.4 cm³/mol. The number of hydrogen-bond acceptors (Lipinski definition) is 3. The summed E-state index contributed by atoms with van der Waals surface area (Å²) in [6, 6.07) is 0. The second kappa shape index (κ2) is 4.80. The van der Waals surface area contributed by atoms with Crippen LogP contribution in [0.2, 0.25) is 0 Å². The summed E-state index contributed by atoms with van der Waals surface area (Å²) in [7, 11) is -2.86. The Kier molecular flexibility index (Phi) is 6.24. The van der Waals surface area contributed by atoms with E-state index < -0.39 is 23.4 Å². The maximum Gasteiger partial charge on any atom is 0.631 e. The van der Waals surface area contributed by atoms with Gasteiger partial charge >= 0.3 is 13.1 Å². The van der Waals surface area contributed by atoms with Crippen LogP contribution in [-0.2, 0) is 0 Å². The summed E-state index contributed by atoms with van der Waals surface area (Å²) in [4.78, 5) is 0. The molecule has 0 rings (SSSR count). The Morgan fingerprint density at radius 2 is 1.11 bits per heavy atom. The van der Waals surface area contributed by atoms with Crippen LogP contribution < -0.4 is 0 Å². The van der Waals surface area contributed by atoms with Crippen molar-refractivity contribution in [3.05, 3.63) is 0 Å². The van der Waals surface area contributed by atoms with E-state index in [1.807, 2.05) is 0 Å². The fourth-order valence-corrected chi connectivity index (χ4v) is 0. The lowest BCUT2D eigenvalue weighted by molar-refractivity contribution is -0.0429. The van der Waals surface area contributed by atoms with Crippen LogP contribution >= 0.6 is 0 Å². The Labute approximate surface area is 52.7 Å². The minimum absolute atomic E-state index is 0.692. The first-order valence-corrected chi connectivity index (χ1v) is 2.84. The van der Waals surface area contributed by atoms with Crippen molar-refractivity contribution in [3.8, 4) is 0 Å². The molecule has 9 heavy (non-hydrogen) atoms. The summed E-state index contributed by atoms with van der Waals surface area (Å²) in [6.07, 6.45) is 0. The van der Waals surface area contributed by atoms with Crippen molar-refractivity contribution in [3.63, 3.8) is 0 Å². The van der Waals surface area contributed by atoms with Crippen molar-refractivity contribution in [2.45, 2.75) is 5.80 Å². The van der Waals surface area contributed by atoms with Gasteiger partial charge in [-0.25, -0.2) is 0 Å². The normalized spacial score (nSPS) is 10.0. The second-order valence-electron chi connectivity index (χ2n) is 1.13. The number of halogens is 3. The van der Waals surface area contributed by atoms with Gasteiger partial charge in [-0.1, -0.05) is 0 Å². The van der Waals surface area contributed by atoms with Gasteiger partial charge in [-0.2, -0.15) is 13.2 Å². The minimum Gasteiger partial charge on any atom is -0.402 e. The van der Waals surface area contributed by atoms with Crippen molar-refractivity contribution in [1.29, 1.82) is 0 Å². The van der Waals surface area contributed by atoms with Crippen LogP contribution in [0.4, 0.5) is 13.2 Å². The zero-order valence-corrected chi connectivity index (χ0v) is 6.55. The summed E-state index contributed by atoms with van der Waals surface area (Å²) >= 11 is 0. The van der Waals surface area contributed by atoms with E-state index in [0.717, 1.165) is 0 Å². The molecule has 0 aromatic rings. The van der Waals surface area contributed by atoms with E-state index in [4.69, 9.17) is 15.1 Å². The fourth-order valence-electron chi connectivity index (χ4n) is 0. The maximum atomic E-state index is 10.4. The van der Waals surface area contributed by atoms with Crippen LogP contribution in [0.5, 0.6) is 0 Å². The highest BCUT2D eigenvalue weighted by atomic mass is 28.1. The molecule has 0 aliphatic rings. The molecule has 0 fully saturated rings. The molecule has 0 unspecified atom stereocenters. The summed E-state index contributed by atoms with van der Waals surface area (Å²) in [5, 5.41) is 21.5. The fraction of sp³-hybridized carbons (Fsp3) is 1.00. The summed E-state index contributed by atoms with van der Waals surface area (Å²) in [5.41, 5.74) is 0. The highest BCUT2D eigenvalue weighted by Gasteiger charge is 2.14. The maximum absolute atomic E-state index is 10.4. The molecule has 8 heteroatoms. The Morgan fingerprint density at radius 1 is 1.11 bits per heavy atom. The van der Waals surface area contributed by atoms with Crippen LogP contribution in [0.15, 0.2) is 0 Å². The molecule has 0 saturated carbocycles. The van der Waals surface area contributed by atoms with Crippen molar-refractivity contribution in [2.75, 3.05) is 0 Å². The van der Waals surface area contributed by atoms with E-state index in [-0.39, 0.29) is 0 Å². The zero-order chi connectivity index (χ0) is 8.08. The van der Waals surface area contributed by atoms with Gasteiger partial charge in [0.15, 0.2) is 0 Å². The Balaban J connectivity index is 0. The van der Waals surface area contributed by atoms with E-state index in [2.05, 4.69) is 0 Å². The predicted octanol–water partition coefficient (Wildman–Crippen LogP) is -2.18. The van der Waals surface area contributed by atoms with Crippen LogP contribution in [0.25, 0.3) is 0 Å². The molecular weight excluding hydrogens is 156 g/mol. The molecular formula is CH6BF3O3Si. The molecule has 3 N–H and O–H groups in total. The summed E-state index contributed by atoms with van der Waals surface area (Å²) in [6.45, 7) is 0. The van der Waals surface area contributed by atoms with Crippen LogP contribution in [0.3, 0.4) is 0 Å². The molecule has 0 saturated heterocycles. The van der Waals surface area contributed by atoms with Crippen LogP contribution in [0.1, 0.15) is 0 Å². The first-order valence-electron chi connectivity index (χ1n) is 1.84. The van der Waals surface area contributed by atoms with Gasteiger partial charge in [0.25, 0.3) is 0 Å². The third kappa shape index (κ3) is 121000. The standard InChI is InChI=1S/CH3F3Si.BH3O3/c2-1(3,4)5;2-1(3)4/h5H3;2-4H. The molecule has 0 aliphatic heterocycles. The average molecular weight is 162 g/mol. The summed E-state index contributed by atoms with van der Waals surface area (Å²) < 4.78 is 31.2. The molecule has 0 atom stereocenters. The number of hydrogen-bond donors (Lipinski definition) is 3. The van der Waals surface area contributed by atoms with Gasteiger partial charge in [-0.05, 0) is 0 Å². The molecule has 0 radical (unpaired) electrons. The average Bonchev–Trinajstić information content (AvgIpc) is 1.19. The Morgan fingerprint density at radius 3 is 1.11 bits per heavy atom. The Hall–Kier alpha value is -0.0482. The molecule has 0 aromatic heterocycles. The van der Waals surface area contributed by atoms with Crippen LogP contribution in [-0.4, -0.2) is 38.4 Å². The van der Waals surface area contributed by atoms with E-state index in [1.165, 1.54) is 0 Å². The first kappa shape index (κ1) is 11.7. The van der Waals surface area contributed by atoms with Gasteiger partial charge in [-0.3, -0.25) is 0 Å². The van der Waals surface area contributed by atoms with Gasteiger partial charge in [-0.15, -0.1) is 0 Å². The van der Waals surface area contributed by atoms with E-state index in [1.54, 1.807) is 0 Å². The van der Waals surface area contributed by atoms with Crippen molar-refractivity contribution >= 4 is 17.6 Å². The van der Waals surface area contributed by atoms with Crippen molar-refractivity contribution < 1.29 is 28.2 Å². The molecule has 56 valence electrons. The van der Waals surface area contributed by atoms with E-state index in [0.29, 0.717) is 0 Å². The monoisotopic (exact) mass is 162 g/mol. The third-order valence-corrected chi connectivity index (χ3v) is 0. The first-order chi connectivity index (χ1) is 3.73. The Bertz CT molecular complexity index is 55.8. The lowest BCUT2D eigenvalue weighted by Gasteiger charge is -1.89. The quantitative estimate of drug-likeness (QED) is 0.355. The van der Waals surface area contributed by atoms with Gasteiger partial charge in [0.05, 0.1) is 0 Å². The van der Waals surface area contributed by atoms with Gasteiger partial charge in [0.2, 0.25) is 0 Å². The molecule has 0 spiro atoms. The van der Waals surface area contributed by atoms with E-state index >= 15 is 0 Å². The van der Waals surface area contributed by atoms with Gasteiger partial charge in [0.1, 0.15) is 10.2 Å². The third-order valence-electron chi connectivity index (χ3n) is 0. The largest absolute Gasteiger partial charge is 0.631 e. The minimum atomic E-state index is -3.86. The summed E-state index contributed by atoms with van der Waals surface area (Å²) in [5.74, 6) is -3.86. The molecule has 0 aromatic carbocycles. The van der Waals surface area contributed by atoms with Crippen molar-refractivity contribution in [2.24, 2.45) is 0 Å². The van der Waals surface area contributed by atoms with Crippen molar-refractivity contribution in [1.82, 2.24) is 0 Å². The smallest absolute Gasteiger partial charge is 0.402 e. The number of alkyl halides is 3. The van der Waals surface area contributed by atoms with Crippen LogP contribution in [0, 0.1) is 0 Å². The second-order valence-corrected chi connectivity index (χ2v) is 2.26. The topological polar surface area (TPSA) is 60.7 Å². The van der Waals surface area contributed by atoms with Gasteiger partial charge < -0.3 is 15.1 Å². The van der Waals surface area contributed by atoms with Gasteiger partial charge in [0, 0.05) is 0 Å². The lowest BCUT2D eigenvalue weighted by atomic mass is 10.3. The number of rotatable bonds is 0. The molecule has 0 aliphatic carbocycles. The molecule has 3 nitrogen and oxygen atoms in total. The lowest BCUT2D eigenvalue weighted by Crippen LogP contribution is -2.07.